The van der Waals surface area contributed by atoms with E-state index in [1.807, 2.05) is 32.2 Å². The maximum atomic E-state index is 11.7. The van der Waals surface area contributed by atoms with Crippen molar-refractivity contribution in [3.05, 3.63) is 21.9 Å². The molecule has 0 unspecified atom stereocenters. The van der Waals surface area contributed by atoms with Crippen LogP contribution in [-0.4, -0.2) is 18.0 Å². The number of hydrogen-bond acceptors (Lipinski definition) is 3. The highest BCUT2D eigenvalue weighted by atomic mass is 32.1. The van der Waals surface area contributed by atoms with Crippen LogP contribution in [0.25, 0.3) is 0 Å². The highest BCUT2D eigenvalue weighted by Crippen LogP contribution is 2.14. The Bertz CT molecular complexity index is 331. The Morgan fingerprint density at radius 3 is 2.71 bits per heavy atom. The molecule has 1 amide bonds. The zero-order valence-electron chi connectivity index (χ0n) is 8.76. The van der Waals surface area contributed by atoms with E-state index in [0.717, 1.165) is 10.4 Å². The normalized spacial score (nSPS) is 11.4. The third kappa shape index (κ3) is 2.82. The van der Waals surface area contributed by atoms with Gasteiger partial charge >= 0.3 is 0 Å². The van der Waals surface area contributed by atoms with Gasteiger partial charge in [-0.2, -0.15) is 0 Å². The molecule has 0 atom stereocenters. The van der Waals surface area contributed by atoms with Crippen molar-refractivity contribution >= 4 is 17.2 Å². The van der Waals surface area contributed by atoms with Crippen molar-refractivity contribution in [1.29, 1.82) is 0 Å². The molecule has 0 radical (unpaired) electrons. The smallest absolute Gasteiger partial charge is 0.261 e. The van der Waals surface area contributed by atoms with Gasteiger partial charge in [-0.15, -0.1) is 11.3 Å². The first-order valence-electron chi connectivity index (χ1n) is 4.52. The number of aryl methyl sites for hydroxylation is 1. The zero-order chi connectivity index (χ0) is 10.8. The second-order valence-corrected chi connectivity index (χ2v) is 4.94. The Kier molecular flexibility index (Phi) is 3.29. The molecule has 1 aromatic rings. The summed E-state index contributed by atoms with van der Waals surface area (Å²) >= 11 is 1.46. The fourth-order valence-corrected chi connectivity index (χ4v) is 1.76. The third-order valence-corrected chi connectivity index (χ3v) is 2.96. The lowest BCUT2D eigenvalue weighted by Crippen LogP contribution is -2.48. The van der Waals surface area contributed by atoms with Gasteiger partial charge in [-0.05, 0) is 37.8 Å². The predicted octanol–water partition coefficient (Wildman–Crippen LogP) is 1.52. The fourth-order valence-electron chi connectivity index (χ4n) is 0.970. The van der Waals surface area contributed by atoms with E-state index >= 15 is 0 Å². The molecule has 0 bridgehead atoms. The molecule has 0 aliphatic rings. The Balaban J connectivity index is 2.68. The van der Waals surface area contributed by atoms with Gasteiger partial charge in [0.15, 0.2) is 0 Å². The summed E-state index contributed by atoms with van der Waals surface area (Å²) in [5.41, 5.74) is 6.30. The third-order valence-electron chi connectivity index (χ3n) is 1.92. The molecule has 1 aromatic heterocycles. The van der Waals surface area contributed by atoms with E-state index in [2.05, 4.69) is 5.32 Å². The number of carbonyl (C=O) groups is 1. The van der Waals surface area contributed by atoms with Crippen LogP contribution in [0.1, 0.15) is 29.1 Å². The first kappa shape index (κ1) is 11.2. The summed E-state index contributed by atoms with van der Waals surface area (Å²) in [7, 11) is 0. The van der Waals surface area contributed by atoms with Gasteiger partial charge < -0.3 is 11.1 Å². The minimum Gasteiger partial charge on any atom is -0.345 e. The largest absolute Gasteiger partial charge is 0.345 e. The van der Waals surface area contributed by atoms with Crippen molar-refractivity contribution in [3.8, 4) is 0 Å². The van der Waals surface area contributed by atoms with Gasteiger partial charge in [0.25, 0.3) is 5.91 Å². The van der Waals surface area contributed by atoms with Crippen LogP contribution < -0.4 is 11.1 Å². The lowest BCUT2D eigenvalue weighted by molar-refractivity contribution is 0.0920. The molecular weight excluding hydrogens is 196 g/mol. The average Bonchev–Trinajstić information content (AvgIpc) is 2.51. The van der Waals surface area contributed by atoms with E-state index in [1.165, 1.54) is 11.3 Å². The summed E-state index contributed by atoms with van der Waals surface area (Å²) in [5.74, 6) is -0.0430. The number of nitrogens with two attached hydrogens (primary N) is 1. The highest BCUT2D eigenvalue weighted by molar-refractivity contribution is 7.12. The van der Waals surface area contributed by atoms with E-state index in [1.54, 1.807) is 0 Å². The van der Waals surface area contributed by atoms with Crippen LogP contribution in [0.5, 0.6) is 0 Å². The van der Waals surface area contributed by atoms with Crippen LogP contribution in [0.2, 0.25) is 0 Å². The molecule has 0 aromatic carbocycles. The summed E-state index contributed by atoms with van der Waals surface area (Å²) in [5, 5.41) is 4.84. The van der Waals surface area contributed by atoms with Gasteiger partial charge in [-0.1, -0.05) is 0 Å². The van der Waals surface area contributed by atoms with Crippen molar-refractivity contribution in [2.75, 3.05) is 6.54 Å². The van der Waals surface area contributed by atoms with Crippen molar-refractivity contribution in [3.63, 3.8) is 0 Å². The van der Waals surface area contributed by atoms with Gasteiger partial charge in [0, 0.05) is 12.1 Å². The fraction of sp³-hybridized carbons (Fsp3) is 0.500. The quantitative estimate of drug-likeness (QED) is 0.798. The van der Waals surface area contributed by atoms with Crippen molar-refractivity contribution in [2.24, 2.45) is 5.73 Å². The zero-order valence-corrected chi connectivity index (χ0v) is 9.57. The number of hydrogen-bond donors (Lipinski definition) is 2. The summed E-state index contributed by atoms with van der Waals surface area (Å²) in [6, 6.07) is 1.88. The monoisotopic (exact) mass is 212 g/mol. The van der Waals surface area contributed by atoms with Crippen molar-refractivity contribution < 1.29 is 4.79 Å². The van der Waals surface area contributed by atoms with Crippen molar-refractivity contribution in [2.45, 2.75) is 26.3 Å². The number of amides is 1. The molecular formula is C10H16N2OS. The molecule has 3 N–H and O–H groups in total. The molecule has 0 aliphatic carbocycles. The molecule has 0 aliphatic heterocycles. The second kappa shape index (κ2) is 4.11. The lowest BCUT2D eigenvalue weighted by atomic mass is 10.1. The molecule has 14 heavy (non-hydrogen) atoms. The van der Waals surface area contributed by atoms with E-state index in [9.17, 15) is 4.79 Å². The van der Waals surface area contributed by atoms with Crippen molar-refractivity contribution in [1.82, 2.24) is 5.32 Å². The summed E-state index contributed by atoms with van der Waals surface area (Å²) in [6.07, 6.45) is 0. The Labute approximate surface area is 88.3 Å². The van der Waals surface area contributed by atoms with Gasteiger partial charge in [-0.3, -0.25) is 4.79 Å². The summed E-state index contributed by atoms with van der Waals surface area (Å²) in [4.78, 5) is 12.4. The van der Waals surface area contributed by atoms with Gasteiger partial charge in [-0.25, -0.2) is 0 Å². The topological polar surface area (TPSA) is 55.1 Å². The van der Waals surface area contributed by atoms with Crippen LogP contribution in [-0.2, 0) is 0 Å². The molecule has 1 heterocycles. The van der Waals surface area contributed by atoms with E-state index in [-0.39, 0.29) is 11.4 Å². The molecule has 78 valence electrons. The van der Waals surface area contributed by atoms with E-state index in [4.69, 9.17) is 5.73 Å². The van der Waals surface area contributed by atoms with Crippen LogP contribution >= 0.6 is 11.3 Å². The Hall–Kier alpha value is -0.870. The van der Waals surface area contributed by atoms with Crippen LogP contribution in [0.15, 0.2) is 11.4 Å². The first-order valence-corrected chi connectivity index (χ1v) is 5.40. The molecule has 0 saturated carbocycles. The second-order valence-electron chi connectivity index (χ2n) is 4.03. The Morgan fingerprint density at radius 2 is 2.29 bits per heavy atom. The number of nitrogens with one attached hydrogen (secondary N) is 1. The van der Waals surface area contributed by atoms with Gasteiger partial charge in [0.2, 0.25) is 0 Å². The minimum atomic E-state index is -0.338. The predicted molar refractivity (Wildman–Crippen MR) is 59.7 cm³/mol. The molecule has 1 rings (SSSR count). The number of rotatable bonds is 3. The average molecular weight is 212 g/mol. The molecule has 0 saturated heterocycles. The number of thiophene rings is 1. The minimum absolute atomic E-state index is 0.0430. The van der Waals surface area contributed by atoms with Crippen LogP contribution in [0.3, 0.4) is 0 Å². The Morgan fingerprint density at radius 1 is 1.64 bits per heavy atom. The summed E-state index contributed by atoms with van der Waals surface area (Å²) < 4.78 is 0. The highest BCUT2D eigenvalue weighted by Gasteiger charge is 2.19. The van der Waals surface area contributed by atoms with E-state index in [0.29, 0.717) is 6.54 Å². The standard InChI is InChI=1S/C10H16N2OS/c1-7-4-8(14-5-7)9(13)12-10(2,3)6-11/h4-5H,6,11H2,1-3H3,(H,12,13). The van der Waals surface area contributed by atoms with Crippen LogP contribution in [0, 0.1) is 6.92 Å². The van der Waals surface area contributed by atoms with E-state index < -0.39 is 0 Å². The SMILES string of the molecule is Cc1csc(C(=O)NC(C)(C)CN)c1. The maximum Gasteiger partial charge on any atom is 0.261 e. The molecule has 3 nitrogen and oxygen atoms in total. The van der Waals surface area contributed by atoms with Crippen LogP contribution in [0.4, 0.5) is 0 Å². The van der Waals surface area contributed by atoms with Gasteiger partial charge in [0.1, 0.15) is 0 Å². The van der Waals surface area contributed by atoms with Gasteiger partial charge in [0.05, 0.1) is 4.88 Å². The first-order chi connectivity index (χ1) is 6.44. The maximum absolute atomic E-state index is 11.7. The molecule has 0 fully saturated rings. The number of carbonyl (C=O) groups excluding carboxylic acids is 1. The molecule has 0 spiro atoms. The molecule has 4 heteroatoms. The summed E-state index contributed by atoms with van der Waals surface area (Å²) in [6.45, 7) is 6.22. The lowest BCUT2D eigenvalue weighted by Gasteiger charge is -2.23.